The maximum Gasteiger partial charge on any atom is 0.355 e. The Labute approximate surface area is 132 Å². The summed E-state index contributed by atoms with van der Waals surface area (Å²) in [7, 11) is 2.84. The van der Waals surface area contributed by atoms with Gasteiger partial charge in [-0.3, -0.25) is 4.31 Å². The molecule has 8 heteroatoms. The van der Waals surface area contributed by atoms with E-state index in [1.165, 1.54) is 16.3 Å². The van der Waals surface area contributed by atoms with Gasteiger partial charge in [-0.2, -0.15) is 4.40 Å². The molecule has 1 aromatic rings. The van der Waals surface area contributed by atoms with Crippen LogP contribution >= 0.6 is 27.3 Å². The zero-order valence-electron chi connectivity index (χ0n) is 11.2. The Balaban J connectivity index is 2.45. The summed E-state index contributed by atoms with van der Waals surface area (Å²) in [5.74, 6) is -0.528. The predicted molar refractivity (Wildman–Crippen MR) is 83.9 cm³/mol. The number of methoxy groups -OCH3 is 1. The summed E-state index contributed by atoms with van der Waals surface area (Å²) in [5.41, 5.74) is 0.769. The normalized spacial score (nSPS) is 18.6. The summed E-state index contributed by atoms with van der Waals surface area (Å²) in [6.45, 7) is 2.06. The number of aryl methyl sites for hydroxylation is 1. The second-order valence-electron chi connectivity index (χ2n) is 3.96. The monoisotopic (exact) mass is 376 g/mol. The van der Waals surface area contributed by atoms with Crippen LogP contribution in [0.5, 0.6) is 0 Å². The van der Waals surface area contributed by atoms with Crippen LogP contribution < -0.4 is 0 Å². The quantitative estimate of drug-likeness (QED) is 0.761. The molecule has 1 aliphatic rings. The van der Waals surface area contributed by atoms with Crippen LogP contribution in [0.4, 0.5) is 0 Å². The van der Waals surface area contributed by atoms with Gasteiger partial charge in [0.15, 0.2) is 0 Å². The predicted octanol–water partition coefficient (Wildman–Crippen LogP) is 2.44. The smallest absolute Gasteiger partial charge is 0.355 e. The summed E-state index contributed by atoms with van der Waals surface area (Å²) in [5, 5.41) is 0. The van der Waals surface area contributed by atoms with Crippen molar-refractivity contribution in [3.63, 3.8) is 0 Å². The van der Waals surface area contributed by atoms with E-state index in [0.717, 1.165) is 15.8 Å². The number of esters is 1. The summed E-state index contributed by atoms with van der Waals surface area (Å²) >= 11 is 3.43. The lowest BCUT2D eigenvalue weighted by atomic mass is 10.2. The van der Waals surface area contributed by atoms with Gasteiger partial charge in [-0.15, -0.1) is 11.3 Å². The number of halogens is 1. The summed E-state index contributed by atoms with van der Waals surface area (Å²) in [4.78, 5) is 13.8. The van der Waals surface area contributed by atoms with E-state index in [1.807, 2.05) is 6.07 Å². The van der Waals surface area contributed by atoms with Crippen LogP contribution in [0.1, 0.15) is 16.7 Å². The molecular weight excluding hydrogens is 364 g/mol. The van der Waals surface area contributed by atoms with Crippen molar-refractivity contribution < 1.29 is 13.7 Å². The largest absolute Gasteiger partial charge is 0.464 e. The van der Waals surface area contributed by atoms with Crippen molar-refractivity contribution >= 4 is 50.1 Å². The number of carbonyl (C=O) groups is 1. The molecular formula is C12H13BrN2O3S2. The standard InChI is InChI=1S/C12H13BrN2O3S2/c1-4-10-7(13)5-11(19-10)8-6-9(12(16)18-3)15(2)20(17)14-8/h5-6H,4H2,1-3H3. The topological polar surface area (TPSA) is 59.0 Å². The lowest BCUT2D eigenvalue weighted by molar-refractivity contribution is -0.137. The Bertz CT molecular complexity index is 637. The molecule has 0 radical (unpaired) electrons. The van der Waals surface area contributed by atoms with Crippen molar-refractivity contribution in [3.05, 3.63) is 32.1 Å². The van der Waals surface area contributed by atoms with Gasteiger partial charge in [0.1, 0.15) is 5.70 Å². The molecule has 1 aromatic heterocycles. The van der Waals surface area contributed by atoms with Crippen molar-refractivity contribution in [3.8, 4) is 0 Å². The van der Waals surface area contributed by atoms with E-state index in [2.05, 4.69) is 27.3 Å². The molecule has 2 heterocycles. The molecule has 0 aliphatic carbocycles. The van der Waals surface area contributed by atoms with Gasteiger partial charge >= 0.3 is 5.97 Å². The van der Waals surface area contributed by atoms with Gasteiger partial charge in [-0.1, -0.05) is 6.92 Å². The molecule has 0 aromatic carbocycles. The Morgan fingerprint density at radius 1 is 1.60 bits per heavy atom. The van der Waals surface area contributed by atoms with Gasteiger partial charge in [0.25, 0.3) is 0 Å². The lowest BCUT2D eigenvalue weighted by Crippen LogP contribution is -2.29. The number of likely N-dealkylation sites (N-methyl/N-ethyl adjacent to an activating group) is 1. The fourth-order valence-corrected chi connectivity index (χ4v) is 4.31. The van der Waals surface area contributed by atoms with Gasteiger partial charge in [-0.05, 0) is 34.5 Å². The van der Waals surface area contributed by atoms with Gasteiger partial charge in [0.2, 0.25) is 11.2 Å². The number of hydrogen-bond donors (Lipinski definition) is 0. The van der Waals surface area contributed by atoms with E-state index in [0.29, 0.717) is 5.71 Å². The van der Waals surface area contributed by atoms with E-state index in [1.54, 1.807) is 24.5 Å². The molecule has 0 saturated carbocycles. The van der Waals surface area contributed by atoms with Crippen molar-refractivity contribution in [1.82, 2.24) is 4.31 Å². The van der Waals surface area contributed by atoms with Gasteiger partial charge in [-0.25, -0.2) is 9.00 Å². The molecule has 1 atom stereocenters. The fraction of sp³-hybridized carbons (Fsp3) is 0.333. The minimum absolute atomic E-state index is 0.235. The highest BCUT2D eigenvalue weighted by Crippen LogP contribution is 2.30. The minimum atomic E-state index is -1.62. The summed E-state index contributed by atoms with van der Waals surface area (Å²) in [6, 6.07) is 1.93. The molecule has 108 valence electrons. The third kappa shape index (κ3) is 2.87. The highest BCUT2D eigenvalue weighted by atomic mass is 79.9. The highest BCUT2D eigenvalue weighted by Gasteiger charge is 2.26. The number of carbonyl (C=O) groups excluding carboxylic acids is 1. The van der Waals surface area contributed by atoms with Crippen molar-refractivity contribution in [2.24, 2.45) is 4.40 Å². The fourth-order valence-electron chi connectivity index (χ4n) is 1.66. The first-order valence-electron chi connectivity index (χ1n) is 5.81. The SMILES string of the molecule is CCc1sc(C2=NS(=O)N(C)C(C(=O)OC)=C2)cc1Br. The number of rotatable bonds is 3. The first kappa shape index (κ1) is 15.4. The Hall–Kier alpha value is -0.990. The van der Waals surface area contributed by atoms with Gasteiger partial charge in [0, 0.05) is 16.4 Å². The van der Waals surface area contributed by atoms with E-state index in [9.17, 15) is 9.00 Å². The van der Waals surface area contributed by atoms with Gasteiger partial charge < -0.3 is 4.74 Å². The molecule has 1 unspecified atom stereocenters. The van der Waals surface area contributed by atoms with E-state index in [-0.39, 0.29) is 5.70 Å². The van der Waals surface area contributed by atoms with Crippen molar-refractivity contribution in [1.29, 1.82) is 0 Å². The Morgan fingerprint density at radius 2 is 2.30 bits per heavy atom. The molecule has 1 aliphatic heterocycles. The van der Waals surface area contributed by atoms with Crippen LogP contribution in [0, 0.1) is 0 Å². The maximum absolute atomic E-state index is 12.0. The number of thiophene rings is 1. The Morgan fingerprint density at radius 3 is 2.85 bits per heavy atom. The van der Waals surface area contributed by atoms with Crippen LogP contribution in [0.2, 0.25) is 0 Å². The maximum atomic E-state index is 12.0. The molecule has 2 rings (SSSR count). The number of hydrogen-bond acceptors (Lipinski definition) is 4. The van der Waals surface area contributed by atoms with E-state index >= 15 is 0 Å². The zero-order valence-corrected chi connectivity index (χ0v) is 14.4. The van der Waals surface area contributed by atoms with E-state index < -0.39 is 17.1 Å². The van der Waals surface area contributed by atoms with Crippen molar-refractivity contribution in [2.45, 2.75) is 13.3 Å². The second-order valence-corrected chi connectivity index (χ2v) is 7.14. The average Bonchev–Trinajstić information content (AvgIpc) is 2.82. The Kier molecular flexibility index (Phi) is 4.77. The lowest BCUT2D eigenvalue weighted by Gasteiger charge is -2.20. The molecule has 20 heavy (non-hydrogen) atoms. The van der Waals surface area contributed by atoms with Crippen LogP contribution in [0.15, 0.2) is 26.7 Å². The van der Waals surface area contributed by atoms with Crippen LogP contribution in [0.25, 0.3) is 0 Å². The average molecular weight is 377 g/mol. The van der Waals surface area contributed by atoms with Crippen LogP contribution in [-0.4, -0.2) is 34.4 Å². The molecule has 0 amide bonds. The summed E-state index contributed by atoms with van der Waals surface area (Å²) in [6.07, 6.45) is 2.50. The van der Waals surface area contributed by atoms with Crippen LogP contribution in [-0.2, 0) is 27.1 Å². The van der Waals surface area contributed by atoms with Crippen molar-refractivity contribution in [2.75, 3.05) is 14.2 Å². The first-order chi connectivity index (χ1) is 9.47. The first-order valence-corrected chi connectivity index (χ1v) is 8.48. The minimum Gasteiger partial charge on any atom is -0.464 e. The summed E-state index contributed by atoms with van der Waals surface area (Å²) < 4.78 is 23.1. The third-order valence-electron chi connectivity index (χ3n) is 2.75. The molecule has 0 N–H and O–H groups in total. The molecule has 5 nitrogen and oxygen atoms in total. The van der Waals surface area contributed by atoms with E-state index in [4.69, 9.17) is 4.74 Å². The third-order valence-corrected chi connectivity index (χ3v) is 6.04. The molecule has 0 saturated heterocycles. The molecule has 0 bridgehead atoms. The zero-order chi connectivity index (χ0) is 14.9. The molecule has 0 fully saturated rings. The molecule has 0 spiro atoms. The second kappa shape index (κ2) is 6.19. The van der Waals surface area contributed by atoms with Gasteiger partial charge in [0.05, 0.1) is 17.7 Å². The van der Waals surface area contributed by atoms with Crippen LogP contribution in [0.3, 0.4) is 0 Å². The number of allylic oxidation sites excluding steroid dienone is 1. The number of ether oxygens (including phenoxy) is 1. The highest BCUT2D eigenvalue weighted by molar-refractivity contribution is 9.10. The number of nitrogens with zero attached hydrogens (tertiary/aromatic N) is 2.